The minimum atomic E-state index is 0. The second kappa shape index (κ2) is 12.4. The van der Waals surface area contributed by atoms with Gasteiger partial charge in [0.25, 0.3) is 0 Å². The molecule has 10 heteroatoms. The fraction of sp³-hybridized carbons (Fsp3) is 0.524. The van der Waals surface area contributed by atoms with Gasteiger partial charge in [-0.3, -0.25) is 14.6 Å². The number of piperazine rings is 1. The Morgan fingerprint density at radius 2 is 1.94 bits per heavy atom. The molecule has 0 radical (unpaired) electrons. The average molecular weight is 471 g/mol. The summed E-state index contributed by atoms with van der Waals surface area (Å²) < 4.78 is 7.42. The summed E-state index contributed by atoms with van der Waals surface area (Å²) in [5.41, 5.74) is 2.09. The first-order chi connectivity index (χ1) is 14.2. The summed E-state index contributed by atoms with van der Waals surface area (Å²) in [7, 11) is 1.99. The normalized spacial score (nSPS) is 19.8. The highest BCUT2D eigenvalue weighted by Gasteiger charge is 2.28. The van der Waals surface area contributed by atoms with Crippen LogP contribution in [0.1, 0.15) is 17.4 Å². The van der Waals surface area contributed by atoms with Crippen LogP contribution in [0.2, 0.25) is 0 Å². The maximum atomic E-state index is 12.7. The minimum absolute atomic E-state index is 0. The Kier molecular flexibility index (Phi) is 10.2. The number of rotatable bonds is 6. The fourth-order valence-electron chi connectivity index (χ4n) is 3.98. The summed E-state index contributed by atoms with van der Waals surface area (Å²) in [6.45, 7) is 7.33. The molecule has 1 atom stereocenters. The van der Waals surface area contributed by atoms with E-state index in [1.165, 1.54) is 5.56 Å². The smallest absolute Gasteiger partial charge is 0.238 e. The molecule has 1 unspecified atom stereocenters. The number of amides is 1. The molecule has 31 heavy (non-hydrogen) atoms. The summed E-state index contributed by atoms with van der Waals surface area (Å²) in [6.07, 6.45) is 3.75. The Labute approximate surface area is 196 Å². The number of morpholine rings is 1. The van der Waals surface area contributed by atoms with E-state index in [0.29, 0.717) is 6.54 Å². The molecule has 1 amide bonds. The van der Waals surface area contributed by atoms with Gasteiger partial charge in [-0.25, -0.2) is 4.98 Å². The van der Waals surface area contributed by atoms with Crippen LogP contribution in [0.3, 0.4) is 0 Å². The summed E-state index contributed by atoms with van der Waals surface area (Å²) in [6, 6.07) is 8.26. The topological polar surface area (TPSA) is 74.7 Å². The first-order valence-corrected chi connectivity index (χ1v) is 10.3. The zero-order valence-corrected chi connectivity index (χ0v) is 19.5. The van der Waals surface area contributed by atoms with Crippen LogP contribution < -0.4 is 10.6 Å². The van der Waals surface area contributed by atoms with Crippen LogP contribution in [0.5, 0.6) is 0 Å². The Balaban J connectivity index is 0.00000171. The third-order valence-corrected chi connectivity index (χ3v) is 5.61. The van der Waals surface area contributed by atoms with E-state index in [9.17, 15) is 4.79 Å². The van der Waals surface area contributed by atoms with Gasteiger partial charge in [0.1, 0.15) is 5.82 Å². The Morgan fingerprint density at radius 1 is 1.19 bits per heavy atom. The third kappa shape index (κ3) is 6.90. The highest BCUT2D eigenvalue weighted by molar-refractivity contribution is 5.92. The number of halogens is 2. The number of aromatic nitrogens is 2. The molecule has 0 saturated carbocycles. The molecule has 0 bridgehead atoms. The van der Waals surface area contributed by atoms with Crippen molar-refractivity contribution in [2.75, 3.05) is 57.8 Å². The molecule has 8 nitrogen and oxygen atoms in total. The van der Waals surface area contributed by atoms with Crippen molar-refractivity contribution in [1.82, 2.24) is 24.7 Å². The molecule has 172 valence electrons. The number of carbonyl (C=O) groups is 1. The summed E-state index contributed by atoms with van der Waals surface area (Å²) in [5.74, 6) is 0.990. The number of aryl methyl sites for hydroxylation is 1. The van der Waals surface area contributed by atoms with Gasteiger partial charge in [-0.15, -0.1) is 24.8 Å². The van der Waals surface area contributed by atoms with E-state index in [1.54, 1.807) is 6.20 Å². The first kappa shape index (κ1) is 25.6. The zero-order chi connectivity index (χ0) is 20.1. The summed E-state index contributed by atoms with van der Waals surface area (Å²) >= 11 is 0. The number of carbonyl (C=O) groups excluding carboxylic acids is 1. The summed E-state index contributed by atoms with van der Waals surface area (Å²) in [5, 5.41) is 6.44. The molecule has 0 aliphatic carbocycles. The van der Waals surface area contributed by atoms with Crippen LogP contribution in [-0.2, 0) is 23.1 Å². The Bertz CT molecular complexity index is 810. The van der Waals surface area contributed by atoms with Gasteiger partial charge in [-0.05, 0) is 17.7 Å². The molecule has 2 saturated heterocycles. The molecule has 1 aromatic carbocycles. The van der Waals surface area contributed by atoms with E-state index in [0.717, 1.165) is 64.0 Å². The van der Waals surface area contributed by atoms with Crippen molar-refractivity contribution in [3.8, 4) is 0 Å². The second-order valence-electron chi connectivity index (χ2n) is 7.72. The van der Waals surface area contributed by atoms with Gasteiger partial charge in [0.05, 0.1) is 25.8 Å². The van der Waals surface area contributed by atoms with Gasteiger partial charge in [0.2, 0.25) is 5.91 Å². The molecule has 3 heterocycles. The lowest BCUT2D eigenvalue weighted by molar-refractivity contribution is -0.118. The number of hydrogen-bond acceptors (Lipinski definition) is 6. The van der Waals surface area contributed by atoms with Crippen LogP contribution in [0, 0.1) is 0 Å². The Morgan fingerprint density at radius 3 is 2.61 bits per heavy atom. The number of benzene rings is 1. The SMILES string of the molecule is Cl.Cl.Cn1ccnc1C1CNCCN1CC(=O)Nc1ccc(CN2CCOCC2)cc1. The molecule has 4 rings (SSSR count). The molecular weight excluding hydrogens is 439 g/mol. The van der Waals surface area contributed by atoms with Crippen molar-refractivity contribution in [2.45, 2.75) is 12.6 Å². The standard InChI is InChI=1S/C21H30N6O2.2ClH/c1-25-8-7-23-21(25)19-14-22-6-9-27(19)16-20(28)24-18-4-2-17(3-5-18)15-26-10-12-29-13-11-26;;/h2-5,7-8,19,22H,6,9-16H2,1H3,(H,24,28);2*1H. The Hall–Kier alpha value is -1.68. The van der Waals surface area contributed by atoms with Crippen molar-refractivity contribution < 1.29 is 9.53 Å². The van der Waals surface area contributed by atoms with E-state index in [1.807, 2.05) is 29.9 Å². The van der Waals surface area contributed by atoms with Crippen LogP contribution >= 0.6 is 24.8 Å². The lowest BCUT2D eigenvalue weighted by atomic mass is 10.1. The largest absolute Gasteiger partial charge is 0.379 e. The number of nitrogens with zero attached hydrogens (tertiary/aromatic N) is 4. The zero-order valence-electron chi connectivity index (χ0n) is 17.8. The van der Waals surface area contributed by atoms with E-state index < -0.39 is 0 Å². The van der Waals surface area contributed by atoms with Crippen LogP contribution in [-0.4, -0.2) is 77.7 Å². The van der Waals surface area contributed by atoms with Crippen molar-refractivity contribution >= 4 is 36.4 Å². The van der Waals surface area contributed by atoms with Gasteiger partial charge in [-0.1, -0.05) is 12.1 Å². The minimum Gasteiger partial charge on any atom is -0.379 e. The quantitative estimate of drug-likeness (QED) is 0.668. The maximum absolute atomic E-state index is 12.7. The van der Waals surface area contributed by atoms with E-state index in [2.05, 4.69) is 37.6 Å². The monoisotopic (exact) mass is 470 g/mol. The van der Waals surface area contributed by atoms with Crippen LogP contribution in [0.4, 0.5) is 5.69 Å². The lowest BCUT2D eigenvalue weighted by Crippen LogP contribution is -2.49. The van der Waals surface area contributed by atoms with Crippen molar-refractivity contribution in [3.63, 3.8) is 0 Å². The maximum Gasteiger partial charge on any atom is 0.238 e. The lowest BCUT2D eigenvalue weighted by Gasteiger charge is -2.35. The van der Waals surface area contributed by atoms with E-state index >= 15 is 0 Å². The fourth-order valence-corrected chi connectivity index (χ4v) is 3.98. The van der Waals surface area contributed by atoms with E-state index in [-0.39, 0.29) is 36.8 Å². The number of anilines is 1. The van der Waals surface area contributed by atoms with Crippen molar-refractivity contribution in [1.29, 1.82) is 0 Å². The van der Waals surface area contributed by atoms with Gasteiger partial charge >= 0.3 is 0 Å². The molecule has 0 spiro atoms. The molecule has 2 fully saturated rings. The van der Waals surface area contributed by atoms with Gasteiger partial charge in [-0.2, -0.15) is 0 Å². The summed E-state index contributed by atoms with van der Waals surface area (Å²) in [4.78, 5) is 21.7. The van der Waals surface area contributed by atoms with E-state index in [4.69, 9.17) is 4.74 Å². The molecule has 2 aromatic rings. The predicted octanol–water partition coefficient (Wildman–Crippen LogP) is 1.68. The molecule has 2 aliphatic heterocycles. The first-order valence-electron chi connectivity index (χ1n) is 10.3. The highest BCUT2D eigenvalue weighted by atomic mass is 35.5. The van der Waals surface area contributed by atoms with Crippen LogP contribution in [0.15, 0.2) is 36.7 Å². The molecule has 2 N–H and O–H groups in total. The third-order valence-electron chi connectivity index (χ3n) is 5.61. The number of hydrogen-bond donors (Lipinski definition) is 2. The van der Waals surface area contributed by atoms with Gasteiger partial charge in [0, 0.05) is 64.4 Å². The molecular formula is C21H32Cl2N6O2. The second-order valence-corrected chi connectivity index (χ2v) is 7.72. The number of ether oxygens (including phenoxy) is 1. The van der Waals surface area contributed by atoms with Crippen molar-refractivity contribution in [3.05, 3.63) is 48.0 Å². The predicted molar refractivity (Wildman–Crippen MR) is 126 cm³/mol. The van der Waals surface area contributed by atoms with Crippen LogP contribution in [0.25, 0.3) is 0 Å². The molecule has 1 aromatic heterocycles. The van der Waals surface area contributed by atoms with Gasteiger partial charge < -0.3 is 19.9 Å². The van der Waals surface area contributed by atoms with Crippen molar-refractivity contribution in [2.24, 2.45) is 7.05 Å². The molecule has 2 aliphatic rings. The average Bonchev–Trinajstić information content (AvgIpc) is 3.16. The highest BCUT2D eigenvalue weighted by Crippen LogP contribution is 2.20. The number of imidazole rings is 1. The number of nitrogens with one attached hydrogen (secondary N) is 2. The van der Waals surface area contributed by atoms with Gasteiger partial charge in [0.15, 0.2) is 0 Å².